The summed E-state index contributed by atoms with van der Waals surface area (Å²) in [6, 6.07) is 19.4. The first-order valence-electron chi connectivity index (χ1n) is 8.66. The van der Waals surface area contributed by atoms with Crippen molar-refractivity contribution in [3.8, 4) is 0 Å². The van der Waals surface area contributed by atoms with Crippen molar-refractivity contribution in [2.75, 3.05) is 29.0 Å². The first-order valence-corrected chi connectivity index (χ1v) is 8.66. The lowest BCUT2D eigenvalue weighted by Gasteiger charge is -2.20. The number of hydrogen-bond donors (Lipinski definition) is 2. The number of nitrogens with zero attached hydrogens (tertiary/aromatic N) is 1. The molecule has 4 nitrogen and oxygen atoms in total. The van der Waals surface area contributed by atoms with Crippen molar-refractivity contribution < 1.29 is 4.79 Å². The number of carbonyl (C=O) groups excluding carboxylic acids is 1. The topological polar surface area (TPSA) is 58.4 Å². The van der Waals surface area contributed by atoms with Gasteiger partial charge in [-0.1, -0.05) is 36.4 Å². The van der Waals surface area contributed by atoms with Gasteiger partial charge < -0.3 is 16.0 Å². The van der Waals surface area contributed by atoms with Gasteiger partial charge >= 0.3 is 0 Å². The van der Waals surface area contributed by atoms with E-state index in [9.17, 15) is 4.79 Å². The van der Waals surface area contributed by atoms with Crippen LogP contribution in [0.25, 0.3) is 10.8 Å². The van der Waals surface area contributed by atoms with Crippen LogP contribution in [0.2, 0.25) is 0 Å². The Kier molecular flexibility index (Phi) is 4.02. The molecule has 1 amide bonds. The smallest absolute Gasteiger partial charge is 0.256 e. The lowest BCUT2D eigenvalue weighted by Crippen LogP contribution is -2.19. The lowest BCUT2D eigenvalue weighted by molar-refractivity contribution is 0.102. The lowest BCUT2D eigenvalue weighted by atomic mass is 10.0. The van der Waals surface area contributed by atoms with Crippen LogP contribution in [-0.2, 0) is 0 Å². The van der Waals surface area contributed by atoms with Gasteiger partial charge in [-0.25, -0.2) is 0 Å². The number of amides is 1. The Labute approximate surface area is 147 Å². The highest BCUT2D eigenvalue weighted by atomic mass is 16.1. The zero-order chi connectivity index (χ0) is 17.2. The van der Waals surface area contributed by atoms with E-state index in [4.69, 9.17) is 5.73 Å². The van der Waals surface area contributed by atoms with Crippen LogP contribution >= 0.6 is 0 Å². The molecular formula is C21H21N3O. The molecule has 0 bridgehead atoms. The first kappa shape index (κ1) is 15.5. The average Bonchev–Trinajstić information content (AvgIpc) is 3.15. The summed E-state index contributed by atoms with van der Waals surface area (Å²) in [6.07, 6.45) is 2.41. The molecule has 0 aliphatic carbocycles. The number of nitrogen functional groups attached to an aromatic ring is 1. The van der Waals surface area contributed by atoms with E-state index >= 15 is 0 Å². The van der Waals surface area contributed by atoms with Crippen LogP contribution in [0.4, 0.5) is 17.1 Å². The fourth-order valence-electron chi connectivity index (χ4n) is 3.50. The summed E-state index contributed by atoms with van der Waals surface area (Å²) < 4.78 is 0. The quantitative estimate of drug-likeness (QED) is 0.705. The van der Waals surface area contributed by atoms with Crippen molar-refractivity contribution in [2.24, 2.45) is 0 Å². The van der Waals surface area contributed by atoms with E-state index in [1.54, 1.807) is 0 Å². The molecule has 0 saturated carbocycles. The van der Waals surface area contributed by atoms with E-state index < -0.39 is 0 Å². The summed E-state index contributed by atoms with van der Waals surface area (Å²) in [6.45, 7) is 2.10. The number of rotatable bonds is 3. The molecule has 0 spiro atoms. The third-order valence-corrected chi connectivity index (χ3v) is 4.77. The van der Waals surface area contributed by atoms with E-state index in [-0.39, 0.29) is 5.91 Å². The third-order valence-electron chi connectivity index (χ3n) is 4.77. The second-order valence-electron chi connectivity index (χ2n) is 6.45. The predicted octanol–water partition coefficient (Wildman–Crippen LogP) is 4.27. The second-order valence-corrected chi connectivity index (χ2v) is 6.45. The minimum absolute atomic E-state index is 0.120. The van der Waals surface area contributed by atoms with E-state index in [0.717, 1.165) is 35.2 Å². The number of nitrogens with one attached hydrogen (secondary N) is 1. The Morgan fingerprint density at radius 1 is 0.960 bits per heavy atom. The molecule has 0 atom stereocenters. The number of fused-ring (bicyclic) bond motifs is 1. The number of anilines is 3. The molecule has 1 aliphatic heterocycles. The molecule has 1 aliphatic rings. The first-order chi connectivity index (χ1) is 12.2. The summed E-state index contributed by atoms with van der Waals surface area (Å²) in [5.74, 6) is -0.120. The van der Waals surface area contributed by atoms with E-state index in [0.29, 0.717) is 11.3 Å². The SMILES string of the molecule is Nc1cc(NC(=O)c2cccc3ccccc23)ccc1N1CCCC1. The highest BCUT2D eigenvalue weighted by molar-refractivity contribution is 6.13. The molecule has 3 N–H and O–H groups in total. The number of benzene rings is 3. The van der Waals surface area contributed by atoms with E-state index in [2.05, 4.69) is 10.2 Å². The molecule has 0 radical (unpaired) electrons. The normalized spacial score (nSPS) is 14.0. The van der Waals surface area contributed by atoms with Gasteiger partial charge in [0.1, 0.15) is 0 Å². The van der Waals surface area contributed by atoms with Crippen LogP contribution in [0.3, 0.4) is 0 Å². The molecule has 3 aromatic carbocycles. The molecule has 126 valence electrons. The summed E-state index contributed by atoms with van der Waals surface area (Å²) >= 11 is 0. The highest BCUT2D eigenvalue weighted by Crippen LogP contribution is 2.29. The third kappa shape index (κ3) is 3.03. The van der Waals surface area contributed by atoms with Crippen LogP contribution in [0.5, 0.6) is 0 Å². The minimum atomic E-state index is -0.120. The molecule has 0 unspecified atom stereocenters. The number of nitrogens with two attached hydrogens (primary N) is 1. The predicted molar refractivity (Wildman–Crippen MR) is 104 cm³/mol. The maximum absolute atomic E-state index is 12.7. The zero-order valence-electron chi connectivity index (χ0n) is 14.0. The summed E-state index contributed by atoms with van der Waals surface area (Å²) in [7, 11) is 0. The van der Waals surface area contributed by atoms with Gasteiger partial charge in [-0.2, -0.15) is 0 Å². The van der Waals surface area contributed by atoms with Gasteiger partial charge in [0.15, 0.2) is 0 Å². The Hall–Kier alpha value is -3.01. The standard InChI is InChI=1S/C21H21N3O/c22-19-14-16(10-11-20(19)24-12-3-4-13-24)23-21(25)18-9-5-7-15-6-1-2-8-17(15)18/h1-2,5-11,14H,3-4,12-13,22H2,(H,23,25). The van der Waals surface area contributed by atoms with Gasteiger partial charge in [0.2, 0.25) is 0 Å². The van der Waals surface area contributed by atoms with Crippen LogP contribution in [-0.4, -0.2) is 19.0 Å². The fourth-order valence-corrected chi connectivity index (χ4v) is 3.50. The van der Waals surface area contributed by atoms with Gasteiger partial charge in [-0.05, 0) is 47.9 Å². The maximum Gasteiger partial charge on any atom is 0.256 e. The molecule has 1 fully saturated rings. The average molecular weight is 331 g/mol. The van der Waals surface area contributed by atoms with Crippen LogP contribution < -0.4 is 16.0 Å². The van der Waals surface area contributed by atoms with Crippen molar-refractivity contribution >= 4 is 33.7 Å². The molecule has 3 aromatic rings. The number of carbonyl (C=O) groups is 1. The maximum atomic E-state index is 12.7. The molecule has 25 heavy (non-hydrogen) atoms. The largest absolute Gasteiger partial charge is 0.397 e. The van der Waals surface area contributed by atoms with Gasteiger partial charge in [0, 0.05) is 24.3 Å². The molecule has 1 heterocycles. The van der Waals surface area contributed by atoms with Gasteiger partial charge in [0.25, 0.3) is 5.91 Å². The summed E-state index contributed by atoms with van der Waals surface area (Å²) in [5, 5.41) is 4.97. The van der Waals surface area contributed by atoms with Crippen molar-refractivity contribution in [2.45, 2.75) is 12.8 Å². The number of hydrogen-bond acceptors (Lipinski definition) is 3. The van der Waals surface area contributed by atoms with Gasteiger partial charge in [-0.3, -0.25) is 4.79 Å². The van der Waals surface area contributed by atoms with Crippen molar-refractivity contribution in [3.63, 3.8) is 0 Å². The minimum Gasteiger partial charge on any atom is -0.397 e. The molecule has 4 rings (SSSR count). The van der Waals surface area contributed by atoms with Gasteiger partial charge in [-0.15, -0.1) is 0 Å². The van der Waals surface area contributed by atoms with Gasteiger partial charge in [0.05, 0.1) is 11.4 Å². The Bertz CT molecular complexity index is 924. The van der Waals surface area contributed by atoms with Crippen LogP contribution in [0.15, 0.2) is 60.7 Å². The van der Waals surface area contributed by atoms with E-state index in [1.165, 1.54) is 12.8 Å². The Balaban J connectivity index is 1.59. The molecule has 4 heteroatoms. The molecule has 0 aromatic heterocycles. The molecule has 1 saturated heterocycles. The molecular weight excluding hydrogens is 310 g/mol. The van der Waals surface area contributed by atoms with E-state index in [1.807, 2.05) is 60.7 Å². The summed E-state index contributed by atoms with van der Waals surface area (Å²) in [4.78, 5) is 15.0. The fraction of sp³-hybridized carbons (Fsp3) is 0.190. The Morgan fingerprint density at radius 2 is 1.72 bits per heavy atom. The zero-order valence-corrected chi connectivity index (χ0v) is 14.0. The monoisotopic (exact) mass is 331 g/mol. The van der Waals surface area contributed by atoms with Crippen molar-refractivity contribution in [3.05, 3.63) is 66.2 Å². The van der Waals surface area contributed by atoms with Crippen molar-refractivity contribution in [1.29, 1.82) is 0 Å². The summed E-state index contributed by atoms with van der Waals surface area (Å²) in [5.41, 5.74) is 9.36. The second kappa shape index (κ2) is 6.48. The van der Waals surface area contributed by atoms with Crippen molar-refractivity contribution in [1.82, 2.24) is 0 Å². The van der Waals surface area contributed by atoms with Crippen LogP contribution in [0, 0.1) is 0 Å². The van der Waals surface area contributed by atoms with Crippen LogP contribution in [0.1, 0.15) is 23.2 Å². The highest BCUT2D eigenvalue weighted by Gasteiger charge is 2.16. The Morgan fingerprint density at radius 3 is 2.52 bits per heavy atom.